The number of fused-ring (bicyclic) bond motifs is 4. The van der Waals surface area contributed by atoms with Gasteiger partial charge >= 0.3 is 0 Å². The zero-order valence-electron chi connectivity index (χ0n) is 20.2. The molecule has 5 atom stereocenters. The molecule has 4 nitrogen and oxygen atoms in total. The Kier molecular flexibility index (Phi) is 5.73. The summed E-state index contributed by atoms with van der Waals surface area (Å²) < 4.78 is 6.01. The molecule has 1 aromatic rings. The van der Waals surface area contributed by atoms with E-state index in [0.29, 0.717) is 24.9 Å². The van der Waals surface area contributed by atoms with Crippen molar-refractivity contribution in [2.75, 3.05) is 6.61 Å². The lowest BCUT2D eigenvalue weighted by atomic mass is 9.51. The fourth-order valence-corrected chi connectivity index (χ4v) is 7.42. The minimum atomic E-state index is -0.816. The van der Waals surface area contributed by atoms with E-state index < -0.39 is 5.60 Å². The first-order chi connectivity index (χ1) is 15.8. The van der Waals surface area contributed by atoms with E-state index in [2.05, 4.69) is 19.1 Å². The predicted octanol–water partition coefficient (Wildman–Crippen LogP) is 5.74. The molecule has 4 aliphatic rings. The number of rotatable bonds is 5. The molecule has 4 unspecified atom stereocenters. The van der Waals surface area contributed by atoms with Crippen LogP contribution in [-0.4, -0.2) is 35.4 Å². The molecular weight excluding hydrogens is 410 g/mol. The molecule has 4 heteroatoms. The first-order valence-corrected chi connectivity index (χ1v) is 12.7. The van der Waals surface area contributed by atoms with E-state index in [1.54, 1.807) is 5.57 Å². The highest BCUT2D eigenvalue weighted by atomic mass is 16.5. The van der Waals surface area contributed by atoms with Gasteiger partial charge in [0.1, 0.15) is 0 Å². The second-order valence-electron chi connectivity index (χ2n) is 11.2. The molecular formula is C29H37NO3. The molecule has 1 aromatic carbocycles. The van der Waals surface area contributed by atoms with Gasteiger partial charge in [0.2, 0.25) is 0 Å². The van der Waals surface area contributed by atoms with Crippen LogP contribution in [0, 0.1) is 22.7 Å². The molecule has 4 aliphatic carbocycles. The van der Waals surface area contributed by atoms with Crippen molar-refractivity contribution in [2.24, 2.45) is 17.3 Å². The number of carbonyl (C=O) groups is 1. The van der Waals surface area contributed by atoms with E-state index in [1.165, 1.54) is 22.9 Å². The van der Waals surface area contributed by atoms with Crippen LogP contribution in [0.15, 0.2) is 47.1 Å². The van der Waals surface area contributed by atoms with Crippen molar-refractivity contribution in [1.29, 1.82) is 5.41 Å². The van der Waals surface area contributed by atoms with Gasteiger partial charge in [-0.25, -0.2) is 0 Å². The van der Waals surface area contributed by atoms with Gasteiger partial charge in [-0.3, -0.25) is 4.79 Å². The summed E-state index contributed by atoms with van der Waals surface area (Å²) in [5.74, 6) is 1.38. The van der Waals surface area contributed by atoms with E-state index in [0.717, 1.165) is 44.1 Å². The Balaban J connectivity index is 1.62. The van der Waals surface area contributed by atoms with Crippen LogP contribution in [0.3, 0.4) is 0 Å². The number of benzene rings is 1. The van der Waals surface area contributed by atoms with Crippen LogP contribution < -0.4 is 0 Å². The number of carbonyl (C=O) groups excluding carboxylic acids is 1. The Morgan fingerprint density at radius 2 is 1.94 bits per heavy atom. The zero-order valence-corrected chi connectivity index (χ0v) is 20.2. The maximum atomic E-state index is 12.2. The monoisotopic (exact) mass is 447 g/mol. The number of nitrogens with one attached hydrogen (secondary N) is 1. The number of hydrogen-bond acceptors (Lipinski definition) is 4. The quantitative estimate of drug-likeness (QED) is 0.566. The minimum Gasteiger partial charge on any atom is -0.387 e. The molecule has 2 saturated carbocycles. The third kappa shape index (κ3) is 3.66. The van der Waals surface area contributed by atoms with Crippen molar-refractivity contribution in [3.63, 3.8) is 0 Å². The van der Waals surface area contributed by atoms with E-state index in [-0.39, 0.29) is 23.2 Å². The molecule has 0 bridgehead atoms. The van der Waals surface area contributed by atoms with Gasteiger partial charge in [-0.2, -0.15) is 0 Å². The average molecular weight is 448 g/mol. The van der Waals surface area contributed by atoms with Gasteiger partial charge in [0.15, 0.2) is 5.78 Å². The van der Waals surface area contributed by atoms with Gasteiger partial charge in [0.05, 0.1) is 18.3 Å². The zero-order chi connectivity index (χ0) is 23.4. The summed E-state index contributed by atoms with van der Waals surface area (Å²) in [5, 5.41) is 19.6. The summed E-state index contributed by atoms with van der Waals surface area (Å²) in [6, 6.07) is 8.40. The van der Waals surface area contributed by atoms with Gasteiger partial charge in [-0.05, 0) is 92.6 Å². The fraction of sp³-hybridized carbons (Fsp3) is 0.586. The van der Waals surface area contributed by atoms with Crippen LogP contribution in [0.4, 0.5) is 0 Å². The van der Waals surface area contributed by atoms with Crippen molar-refractivity contribution in [3.05, 3.63) is 58.2 Å². The van der Waals surface area contributed by atoms with E-state index in [4.69, 9.17) is 10.1 Å². The fourth-order valence-electron chi connectivity index (χ4n) is 7.42. The smallest absolute Gasteiger partial charge is 0.156 e. The van der Waals surface area contributed by atoms with Crippen molar-refractivity contribution >= 4 is 12.0 Å². The summed E-state index contributed by atoms with van der Waals surface area (Å²) in [4.78, 5) is 12.2. The normalized spacial score (nSPS) is 35.7. The Bertz CT molecular complexity index is 1020. The van der Waals surface area contributed by atoms with Crippen LogP contribution in [0.2, 0.25) is 0 Å². The molecule has 0 radical (unpaired) electrons. The SMILES string of the molecule is CC(C)OC[C@]1(O)CCC2C3CCC4=CC(=O)CCC4=C3C(c3ccc(C=N)cc3)CC21C. The summed E-state index contributed by atoms with van der Waals surface area (Å²) >= 11 is 0. The average Bonchev–Trinajstić information content (AvgIpc) is 3.07. The lowest BCUT2D eigenvalue weighted by Crippen LogP contribution is -2.54. The molecule has 5 rings (SSSR count). The summed E-state index contributed by atoms with van der Waals surface area (Å²) in [5.41, 5.74) is 5.38. The molecule has 0 amide bonds. The van der Waals surface area contributed by atoms with Gasteiger partial charge in [0, 0.05) is 24.0 Å². The molecule has 0 spiro atoms. The van der Waals surface area contributed by atoms with Crippen molar-refractivity contribution in [2.45, 2.75) is 83.3 Å². The van der Waals surface area contributed by atoms with Crippen molar-refractivity contribution < 1.29 is 14.6 Å². The second kappa shape index (κ2) is 8.32. The lowest BCUT2D eigenvalue weighted by molar-refractivity contribution is -0.143. The van der Waals surface area contributed by atoms with Gasteiger partial charge in [0.25, 0.3) is 0 Å². The highest BCUT2D eigenvalue weighted by Crippen LogP contribution is 2.66. The standard InChI is InChI=1S/C29H37NO3/c1-18(2)33-17-29(32)13-12-26-24-10-8-21-14-22(31)9-11-23(21)27(24)25(15-28(26,29)3)20-6-4-19(16-30)5-7-20/h4-7,14,16,18,24-26,30,32H,8-13,15,17H2,1-3H3/t24?,25?,26?,28?,29-/m1/s1. The van der Waals surface area contributed by atoms with Crippen molar-refractivity contribution in [1.82, 2.24) is 0 Å². The first kappa shape index (κ1) is 22.7. The van der Waals surface area contributed by atoms with Gasteiger partial charge < -0.3 is 15.3 Å². The molecule has 176 valence electrons. The number of ketones is 1. The molecule has 2 N–H and O–H groups in total. The maximum absolute atomic E-state index is 12.2. The molecule has 0 aliphatic heterocycles. The number of allylic oxidation sites excluding steroid dienone is 4. The molecule has 33 heavy (non-hydrogen) atoms. The largest absolute Gasteiger partial charge is 0.387 e. The van der Waals surface area contributed by atoms with E-state index >= 15 is 0 Å². The van der Waals surface area contributed by atoms with E-state index in [1.807, 2.05) is 32.1 Å². The topological polar surface area (TPSA) is 70.4 Å². The Hall–Kier alpha value is -2.04. The molecule has 0 aromatic heterocycles. The molecule has 2 fully saturated rings. The first-order valence-electron chi connectivity index (χ1n) is 12.7. The van der Waals surface area contributed by atoms with Gasteiger partial charge in [-0.15, -0.1) is 0 Å². The highest BCUT2D eigenvalue weighted by Gasteiger charge is 2.63. The Labute approximate surface area is 197 Å². The third-order valence-electron chi connectivity index (χ3n) is 9.22. The van der Waals surface area contributed by atoms with Crippen LogP contribution in [0.1, 0.15) is 82.8 Å². The minimum absolute atomic E-state index is 0.101. The lowest BCUT2D eigenvalue weighted by Gasteiger charge is -2.55. The van der Waals surface area contributed by atoms with Gasteiger partial charge in [-0.1, -0.05) is 36.8 Å². The van der Waals surface area contributed by atoms with Crippen LogP contribution >= 0.6 is 0 Å². The van der Waals surface area contributed by atoms with Crippen molar-refractivity contribution in [3.8, 4) is 0 Å². The third-order valence-corrected chi connectivity index (χ3v) is 9.22. The number of aliphatic hydroxyl groups is 1. The Morgan fingerprint density at radius 1 is 1.18 bits per heavy atom. The van der Waals surface area contributed by atoms with E-state index in [9.17, 15) is 9.90 Å². The number of hydrogen-bond donors (Lipinski definition) is 2. The van der Waals surface area contributed by atoms with Crippen LogP contribution in [0.5, 0.6) is 0 Å². The summed E-state index contributed by atoms with van der Waals surface area (Å²) in [7, 11) is 0. The molecule has 0 saturated heterocycles. The summed E-state index contributed by atoms with van der Waals surface area (Å²) in [6.07, 6.45) is 9.63. The predicted molar refractivity (Wildman–Crippen MR) is 131 cm³/mol. The second-order valence-corrected chi connectivity index (χ2v) is 11.2. The number of ether oxygens (including phenoxy) is 1. The Morgan fingerprint density at radius 3 is 2.64 bits per heavy atom. The van der Waals surface area contributed by atoms with Crippen LogP contribution in [0.25, 0.3) is 0 Å². The van der Waals surface area contributed by atoms with Crippen LogP contribution in [-0.2, 0) is 9.53 Å². The molecule has 0 heterocycles. The summed E-state index contributed by atoms with van der Waals surface area (Å²) in [6.45, 7) is 6.78. The maximum Gasteiger partial charge on any atom is 0.156 e. The highest BCUT2D eigenvalue weighted by molar-refractivity contribution is 5.93.